The lowest BCUT2D eigenvalue weighted by Crippen LogP contribution is -2.37. The summed E-state index contributed by atoms with van der Waals surface area (Å²) in [5.41, 5.74) is 0.917. The molecule has 2 aromatic rings. The molecule has 7 heteroatoms. The molecule has 0 aromatic heterocycles. The third-order valence-electron chi connectivity index (χ3n) is 3.40. The number of carbonyl (C=O) groups excluding carboxylic acids is 2. The highest BCUT2D eigenvalue weighted by molar-refractivity contribution is 6.35. The van der Waals surface area contributed by atoms with Crippen molar-refractivity contribution in [3.05, 3.63) is 52.5 Å². The van der Waals surface area contributed by atoms with Gasteiger partial charge < -0.3 is 15.0 Å². The summed E-state index contributed by atoms with van der Waals surface area (Å²) in [6.07, 6.45) is -0.0352. The maximum absolute atomic E-state index is 12.5. The van der Waals surface area contributed by atoms with E-state index in [9.17, 15) is 9.59 Å². The predicted molar refractivity (Wildman–Crippen MR) is 105 cm³/mol. The van der Waals surface area contributed by atoms with E-state index in [2.05, 4.69) is 5.32 Å². The van der Waals surface area contributed by atoms with E-state index in [0.717, 1.165) is 0 Å². The van der Waals surface area contributed by atoms with E-state index < -0.39 is 0 Å². The van der Waals surface area contributed by atoms with Gasteiger partial charge in [-0.15, -0.1) is 0 Å². The van der Waals surface area contributed by atoms with E-state index in [1.165, 1.54) is 11.8 Å². The zero-order valence-corrected chi connectivity index (χ0v) is 16.3. The van der Waals surface area contributed by atoms with Crippen LogP contribution in [0.3, 0.4) is 0 Å². The molecule has 0 fully saturated rings. The molecule has 0 unspecified atom stereocenters. The molecule has 1 N–H and O–H groups in total. The Morgan fingerprint density at radius 1 is 1.15 bits per heavy atom. The van der Waals surface area contributed by atoms with Crippen LogP contribution in [-0.4, -0.2) is 24.5 Å². The van der Waals surface area contributed by atoms with Gasteiger partial charge in [-0.25, -0.2) is 0 Å². The quantitative estimate of drug-likeness (QED) is 0.767. The summed E-state index contributed by atoms with van der Waals surface area (Å²) in [5.74, 6) is -0.141. The van der Waals surface area contributed by atoms with E-state index in [-0.39, 0.29) is 24.5 Å². The van der Waals surface area contributed by atoms with Crippen LogP contribution < -0.4 is 15.0 Å². The Bertz CT molecular complexity index is 809. The Balaban J connectivity index is 2.19. The maximum Gasteiger partial charge on any atom is 0.244 e. The molecule has 2 rings (SSSR count). The third kappa shape index (κ3) is 5.38. The summed E-state index contributed by atoms with van der Waals surface area (Å²) in [5, 5.41) is 3.53. The highest BCUT2D eigenvalue weighted by atomic mass is 35.5. The minimum Gasteiger partial charge on any atom is -0.489 e. The van der Waals surface area contributed by atoms with Crippen molar-refractivity contribution in [2.75, 3.05) is 16.8 Å². The lowest BCUT2D eigenvalue weighted by atomic mass is 10.2. The van der Waals surface area contributed by atoms with Gasteiger partial charge in [0.05, 0.1) is 22.5 Å². The molecule has 0 radical (unpaired) electrons. The summed E-state index contributed by atoms with van der Waals surface area (Å²) in [6, 6.07) is 11.9. The molecule has 2 aromatic carbocycles. The highest BCUT2D eigenvalue weighted by Crippen LogP contribution is 2.30. The Hall–Kier alpha value is -2.24. The average molecular weight is 395 g/mol. The minimum atomic E-state index is -0.379. The van der Waals surface area contributed by atoms with E-state index in [1.54, 1.807) is 36.4 Å². The van der Waals surface area contributed by atoms with E-state index in [1.807, 2.05) is 19.9 Å². The Labute approximate surface area is 162 Å². The number of anilines is 2. The van der Waals surface area contributed by atoms with E-state index in [0.29, 0.717) is 27.2 Å². The highest BCUT2D eigenvalue weighted by Gasteiger charge is 2.19. The first kappa shape index (κ1) is 20.1. The first-order valence-electron chi connectivity index (χ1n) is 8.06. The van der Waals surface area contributed by atoms with Crippen molar-refractivity contribution >= 4 is 46.4 Å². The molecule has 0 saturated heterocycles. The van der Waals surface area contributed by atoms with Gasteiger partial charge in [-0.05, 0) is 44.2 Å². The molecule has 0 aliphatic carbocycles. The van der Waals surface area contributed by atoms with Crippen molar-refractivity contribution in [3.8, 4) is 5.75 Å². The molecule has 0 spiro atoms. The number of halogens is 2. The van der Waals surface area contributed by atoms with Gasteiger partial charge in [0.2, 0.25) is 11.8 Å². The Kier molecular flexibility index (Phi) is 6.89. The third-order valence-corrected chi connectivity index (χ3v) is 3.96. The van der Waals surface area contributed by atoms with Gasteiger partial charge >= 0.3 is 0 Å². The predicted octanol–water partition coefficient (Wildman–Crippen LogP) is 4.77. The molecular weight excluding hydrogens is 375 g/mol. The Morgan fingerprint density at radius 2 is 1.85 bits per heavy atom. The first-order valence-corrected chi connectivity index (χ1v) is 8.82. The Morgan fingerprint density at radius 3 is 2.50 bits per heavy atom. The summed E-state index contributed by atoms with van der Waals surface area (Å²) in [4.78, 5) is 25.8. The SMILES string of the molecule is CC(=O)N(CC(=O)Nc1ccccc1OC(C)C)c1cc(Cl)ccc1Cl. The molecule has 2 amide bonds. The second-order valence-electron chi connectivity index (χ2n) is 5.91. The molecule has 0 atom stereocenters. The monoisotopic (exact) mass is 394 g/mol. The number of para-hydroxylation sites is 2. The fraction of sp³-hybridized carbons (Fsp3) is 0.263. The van der Waals surface area contributed by atoms with Gasteiger partial charge in [0.25, 0.3) is 0 Å². The molecule has 138 valence electrons. The lowest BCUT2D eigenvalue weighted by molar-refractivity contribution is -0.120. The van der Waals surface area contributed by atoms with Gasteiger partial charge in [0.15, 0.2) is 0 Å². The molecule has 26 heavy (non-hydrogen) atoms. The number of nitrogens with one attached hydrogen (secondary N) is 1. The second kappa shape index (κ2) is 8.92. The number of amides is 2. The van der Waals surface area contributed by atoms with E-state index in [4.69, 9.17) is 27.9 Å². The summed E-state index contributed by atoms with van der Waals surface area (Å²) >= 11 is 12.1. The van der Waals surface area contributed by atoms with Gasteiger partial charge in [0, 0.05) is 11.9 Å². The molecule has 5 nitrogen and oxygen atoms in total. The average Bonchev–Trinajstić information content (AvgIpc) is 2.56. The van der Waals surface area contributed by atoms with Crippen LogP contribution in [0.4, 0.5) is 11.4 Å². The first-order chi connectivity index (χ1) is 12.3. The molecule has 0 aliphatic rings. The lowest BCUT2D eigenvalue weighted by Gasteiger charge is -2.22. The summed E-state index contributed by atoms with van der Waals surface area (Å²) in [6.45, 7) is 4.96. The van der Waals surface area contributed by atoms with Gasteiger partial charge in [0.1, 0.15) is 12.3 Å². The summed E-state index contributed by atoms with van der Waals surface area (Å²) in [7, 11) is 0. The van der Waals surface area contributed by atoms with Crippen LogP contribution in [-0.2, 0) is 9.59 Å². The van der Waals surface area contributed by atoms with Crippen LogP contribution in [0, 0.1) is 0 Å². The fourth-order valence-corrected chi connectivity index (χ4v) is 2.70. The smallest absolute Gasteiger partial charge is 0.244 e. The van der Waals surface area contributed by atoms with Crippen LogP contribution in [0.15, 0.2) is 42.5 Å². The standard InChI is InChI=1S/C19H20Cl2N2O3/c1-12(2)26-18-7-5-4-6-16(18)22-19(25)11-23(13(3)24)17-10-14(20)8-9-15(17)21/h4-10,12H,11H2,1-3H3,(H,22,25). The van der Waals surface area contributed by atoms with Gasteiger partial charge in [-0.1, -0.05) is 35.3 Å². The van der Waals surface area contributed by atoms with Gasteiger partial charge in [-0.2, -0.15) is 0 Å². The topological polar surface area (TPSA) is 58.6 Å². The van der Waals surface area contributed by atoms with Crippen LogP contribution in [0.1, 0.15) is 20.8 Å². The van der Waals surface area contributed by atoms with Crippen molar-refractivity contribution in [2.24, 2.45) is 0 Å². The molecule has 0 saturated carbocycles. The van der Waals surface area contributed by atoms with E-state index >= 15 is 0 Å². The number of hydrogen-bond donors (Lipinski definition) is 1. The zero-order chi connectivity index (χ0) is 19.3. The maximum atomic E-state index is 12.5. The number of rotatable bonds is 6. The number of hydrogen-bond acceptors (Lipinski definition) is 3. The summed E-state index contributed by atoms with van der Waals surface area (Å²) < 4.78 is 5.68. The number of carbonyl (C=O) groups is 2. The molecule has 0 aliphatic heterocycles. The normalized spacial score (nSPS) is 10.5. The molecule has 0 heterocycles. The van der Waals surface area contributed by atoms with Crippen molar-refractivity contribution in [3.63, 3.8) is 0 Å². The van der Waals surface area contributed by atoms with Gasteiger partial charge in [-0.3, -0.25) is 9.59 Å². The molecule has 0 bridgehead atoms. The second-order valence-corrected chi connectivity index (χ2v) is 6.76. The fourth-order valence-electron chi connectivity index (χ4n) is 2.32. The largest absolute Gasteiger partial charge is 0.489 e. The van der Waals surface area contributed by atoms with Crippen molar-refractivity contribution < 1.29 is 14.3 Å². The zero-order valence-electron chi connectivity index (χ0n) is 14.8. The minimum absolute atomic E-state index is 0.0352. The number of benzene rings is 2. The van der Waals surface area contributed by atoms with Crippen molar-refractivity contribution in [1.29, 1.82) is 0 Å². The van der Waals surface area contributed by atoms with Crippen LogP contribution in [0.25, 0.3) is 0 Å². The van der Waals surface area contributed by atoms with Crippen LogP contribution >= 0.6 is 23.2 Å². The van der Waals surface area contributed by atoms with Crippen LogP contribution in [0.2, 0.25) is 10.0 Å². The molecular formula is C19H20Cl2N2O3. The number of nitrogens with zero attached hydrogens (tertiary/aromatic N) is 1. The van der Waals surface area contributed by atoms with Crippen molar-refractivity contribution in [1.82, 2.24) is 0 Å². The van der Waals surface area contributed by atoms with Crippen LogP contribution in [0.5, 0.6) is 5.75 Å². The number of ether oxygens (including phenoxy) is 1. The van der Waals surface area contributed by atoms with Crippen molar-refractivity contribution in [2.45, 2.75) is 26.9 Å².